The molecule has 0 aromatic heterocycles. The predicted molar refractivity (Wildman–Crippen MR) is 162 cm³/mol. The Kier molecular flexibility index (Phi) is 11.4. The molecule has 0 aliphatic carbocycles. The van der Waals surface area contributed by atoms with Gasteiger partial charge in [-0.05, 0) is 62.7 Å². The Hall–Kier alpha value is -2.99. The van der Waals surface area contributed by atoms with Crippen LogP contribution in [0.4, 0.5) is 18.9 Å². The summed E-state index contributed by atoms with van der Waals surface area (Å²) in [5.41, 5.74) is -1.44. The van der Waals surface area contributed by atoms with E-state index in [9.17, 15) is 31.2 Å². The molecule has 1 N–H and O–H groups in total. The zero-order valence-corrected chi connectivity index (χ0v) is 26.4. The minimum atomic E-state index is -4.83. The number of halogens is 6. The number of benzene rings is 3. The number of carbonyl (C=O) groups excluding carboxylic acids is 2. The highest BCUT2D eigenvalue weighted by Crippen LogP contribution is 2.37. The van der Waals surface area contributed by atoms with E-state index in [-0.39, 0.29) is 39.0 Å². The predicted octanol–water partition coefficient (Wildman–Crippen LogP) is 7.19. The number of hydrogen-bond acceptors (Lipinski definition) is 4. The van der Waals surface area contributed by atoms with E-state index in [1.807, 2.05) is 0 Å². The molecular weight excluding hydrogens is 650 g/mol. The molecule has 3 aromatic rings. The maximum atomic E-state index is 14.1. The van der Waals surface area contributed by atoms with E-state index >= 15 is 0 Å². The minimum Gasteiger partial charge on any atom is -0.352 e. The maximum absolute atomic E-state index is 14.1. The van der Waals surface area contributed by atoms with E-state index in [4.69, 9.17) is 34.8 Å². The highest BCUT2D eigenvalue weighted by Gasteiger charge is 2.37. The molecule has 0 aliphatic rings. The van der Waals surface area contributed by atoms with Crippen molar-refractivity contribution < 1.29 is 31.2 Å². The van der Waals surface area contributed by atoms with E-state index in [0.717, 1.165) is 11.0 Å². The zero-order valence-electron chi connectivity index (χ0n) is 23.3. The number of rotatable bonds is 11. The lowest BCUT2D eigenvalue weighted by Gasteiger charge is -2.34. The fraction of sp³-hybridized carbons (Fsp3) is 0.310. The summed E-state index contributed by atoms with van der Waals surface area (Å²) in [4.78, 5) is 28.1. The first-order valence-electron chi connectivity index (χ1n) is 13.0. The van der Waals surface area contributed by atoms with E-state index in [2.05, 4.69) is 5.32 Å². The van der Waals surface area contributed by atoms with Crippen LogP contribution in [-0.4, -0.2) is 43.8 Å². The van der Waals surface area contributed by atoms with Gasteiger partial charge in [0.15, 0.2) is 0 Å². The Morgan fingerprint density at radius 1 is 0.907 bits per heavy atom. The number of amides is 2. The molecule has 2 amide bonds. The monoisotopic (exact) mass is 677 g/mol. The Morgan fingerprint density at radius 2 is 1.51 bits per heavy atom. The minimum absolute atomic E-state index is 0.113. The van der Waals surface area contributed by atoms with Gasteiger partial charge >= 0.3 is 6.18 Å². The van der Waals surface area contributed by atoms with Crippen LogP contribution in [0.15, 0.2) is 71.6 Å². The number of hydrogen-bond donors (Lipinski definition) is 1. The number of alkyl halides is 3. The summed E-state index contributed by atoms with van der Waals surface area (Å²) in [5.74, 6) is -1.43. The Balaban J connectivity index is 2.20. The van der Waals surface area contributed by atoms with Crippen LogP contribution in [0.25, 0.3) is 0 Å². The van der Waals surface area contributed by atoms with Crippen molar-refractivity contribution in [3.8, 4) is 0 Å². The summed E-state index contributed by atoms with van der Waals surface area (Å²) < 4.78 is 69.3. The molecule has 0 spiro atoms. The molecule has 3 aromatic carbocycles. The third-order valence-electron chi connectivity index (χ3n) is 6.36. The maximum Gasteiger partial charge on any atom is 0.416 e. The molecule has 0 saturated carbocycles. The molecule has 1 atom stereocenters. The SMILES string of the molecule is CC[C@@H](C(=O)NC(C)C)N(Cc1c(Cl)cccc1Cl)C(=O)CN(c1cc(C(F)(F)F)ccc1Cl)S(=O)(=O)c1ccccc1. The molecule has 232 valence electrons. The van der Waals surface area contributed by atoms with Crippen molar-refractivity contribution in [2.75, 3.05) is 10.8 Å². The average Bonchev–Trinajstić information content (AvgIpc) is 2.93. The molecule has 0 unspecified atom stereocenters. The summed E-state index contributed by atoms with van der Waals surface area (Å²) in [6.07, 6.45) is -4.72. The van der Waals surface area contributed by atoms with Gasteiger partial charge in [-0.15, -0.1) is 0 Å². The first-order valence-corrected chi connectivity index (χ1v) is 15.6. The number of sulfonamides is 1. The molecule has 0 heterocycles. The summed E-state index contributed by atoms with van der Waals surface area (Å²) in [7, 11) is -4.65. The largest absolute Gasteiger partial charge is 0.416 e. The first kappa shape index (κ1) is 34.5. The van der Waals surface area contributed by atoms with Gasteiger partial charge in [0.2, 0.25) is 11.8 Å². The molecule has 3 rings (SSSR count). The van der Waals surface area contributed by atoms with Gasteiger partial charge in [-0.2, -0.15) is 13.2 Å². The van der Waals surface area contributed by atoms with Crippen LogP contribution < -0.4 is 9.62 Å². The lowest BCUT2D eigenvalue weighted by Crippen LogP contribution is -2.53. The summed E-state index contributed by atoms with van der Waals surface area (Å²) in [6.45, 7) is 3.82. The highest BCUT2D eigenvalue weighted by molar-refractivity contribution is 7.92. The zero-order chi connectivity index (χ0) is 32.1. The van der Waals surface area contributed by atoms with Crippen molar-refractivity contribution in [2.24, 2.45) is 0 Å². The van der Waals surface area contributed by atoms with Crippen LogP contribution in [0.1, 0.15) is 38.3 Å². The Morgan fingerprint density at radius 3 is 2.05 bits per heavy atom. The highest BCUT2D eigenvalue weighted by atomic mass is 35.5. The molecule has 0 aliphatic heterocycles. The average molecular weight is 679 g/mol. The molecule has 14 heteroatoms. The lowest BCUT2D eigenvalue weighted by molar-refractivity contribution is -0.140. The van der Waals surface area contributed by atoms with E-state index < -0.39 is 51.9 Å². The summed E-state index contributed by atoms with van der Waals surface area (Å²) >= 11 is 19.0. The summed E-state index contributed by atoms with van der Waals surface area (Å²) in [6, 6.07) is 12.3. The molecule has 7 nitrogen and oxygen atoms in total. The Bertz CT molecular complexity index is 1550. The lowest BCUT2D eigenvalue weighted by atomic mass is 10.1. The van der Waals surface area contributed by atoms with Crippen molar-refractivity contribution in [2.45, 2.75) is 56.9 Å². The summed E-state index contributed by atoms with van der Waals surface area (Å²) in [5, 5.41) is 2.79. The van der Waals surface area contributed by atoms with Crippen molar-refractivity contribution in [1.29, 1.82) is 0 Å². The first-order chi connectivity index (χ1) is 20.1. The smallest absolute Gasteiger partial charge is 0.352 e. The fourth-order valence-corrected chi connectivity index (χ4v) is 6.50. The second-order valence-corrected chi connectivity index (χ2v) is 12.9. The van der Waals surface area contributed by atoms with Crippen LogP contribution in [0.2, 0.25) is 15.1 Å². The second-order valence-electron chi connectivity index (χ2n) is 9.80. The topological polar surface area (TPSA) is 86.8 Å². The molecule has 0 bridgehead atoms. The van der Waals surface area contributed by atoms with E-state index in [0.29, 0.717) is 22.0 Å². The third kappa shape index (κ3) is 8.35. The third-order valence-corrected chi connectivity index (χ3v) is 9.16. The van der Waals surface area contributed by atoms with Crippen molar-refractivity contribution >= 4 is 62.3 Å². The van der Waals surface area contributed by atoms with Crippen LogP contribution >= 0.6 is 34.8 Å². The number of nitrogens with zero attached hydrogens (tertiary/aromatic N) is 2. The molecule has 0 radical (unpaired) electrons. The van der Waals surface area contributed by atoms with Gasteiger partial charge in [0, 0.05) is 28.2 Å². The van der Waals surface area contributed by atoms with Gasteiger partial charge in [0.1, 0.15) is 12.6 Å². The normalized spacial score (nSPS) is 12.6. The molecule has 0 fully saturated rings. The Labute approximate surface area is 263 Å². The number of anilines is 1. The molecular formula is C29H29Cl3F3N3O4S. The van der Waals surface area contributed by atoms with E-state index in [1.54, 1.807) is 32.9 Å². The van der Waals surface area contributed by atoms with Gasteiger partial charge in [0.25, 0.3) is 10.0 Å². The van der Waals surface area contributed by atoms with Gasteiger partial charge in [-0.25, -0.2) is 8.42 Å². The van der Waals surface area contributed by atoms with Gasteiger partial charge in [0.05, 0.1) is 21.2 Å². The van der Waals surface area contributed by atoms with Gasteiger partial charge in [-0.3, -0.25) is 13.9 Å². The molecule has 0 saturated heterocycles. The van der Waals surface area contributed by atoms with Crippen molar-refractivity contribution in [3.05, 3.63) is 92.9 Å². The van der Waals surface area contributed by atoms with Crippen LogP contribution in [0.3, 0.4) is 0 Å². The van der Waals surface area contributed by atoms with E-state index in [1.165, 1.54) is 36.4 Å². The van der Waals surface area contributed by atoms with Crippen molar-refractivity contribution in [3.63, 3.8) is 0 Å². The van der Waals surface area contributed by atoms with Gasteiger partial charge < -0.3 is 10.2 Å². The van der Waals surface area contributed by atoms with Crippen LogP contribution in [-0.2, 0) is 32.3 Å². The van der Waals surface area contributed by atoms with Crippen molar-refractivity contribution in [1.82, 2.24) is 10.2 Å². The fourth-order valence-electron chi connectivity index (χ4n) is 4.27. The quantitative estimate of drug-likeness (QED) is 0.233. The van der Waals surface area contributed by atoms with Crippen LogP contribution in [0, 0.1) is 0 Å². The van der Waals surface area contributed by atoms with Gasteiger partial charge in [-0.1, -0.05) is 66.0 Å². The van der Waals surface area contributed by atoms with Crippen LogP contribution in [0.5, 0.6) is 0 Å². The molecule has 43 heavy (non-hydrogen) atoms. The number of carbonyl (C=O) groups is 2. The standard InChI is InChI=1S/C29H29Cl3F3N3O4S/c1-4-25(28(40)36-18(2)3)37(16-21-22(30)11-8-12-23(21)31)27(39)17-38(43(41,42)20-9-6-5-7-10-20)26-15-19(29(33,34)35)13-14-24(26)32/h5-15,18,25H,4,16-17H2,1-3H3,(H,36,40)/t25-/m0/s1. The second kappa shape index (κ2) is 14.2. The number of nitrogens with one attached hydrogen (secondary N) is 1.